The van der Waals surface area contributed by atoms with Crippen LogP contribution in [0.15, 0.2) is 30.3 Å². The van der Waals surface area contributed by atoms with Gasteiger partial charge in [0.1, 0.15) is 0 Å². The number of nitrogens with zero attached hydrogens (tertiary/aromatic N) is 3. The first-order chi connectivity index (χ1) is 12.9. The normalized spacial score (nSPS) is 14.8. The van der Waals surface area contributed by atoms with Crippen LogP contribution in [0.25, 0.3) is 10.2 Å². The van der Waals surface area contributed by atoms with Crippen molar-refractivity contribution in [2.45, 2.75) is 0 Å². The SMILES string of the molecule is O=C(c1c(Cl)ccc(Cl)c1Cl)N1CCN(c2nc3ccc(Cl)cc3s2)CC1. The van der Waals surface area contributed by atoms with E-state index in [0.29, 0.717) is 41.2 Å². The van der Waals surface area contributed by atoms with E-state index in [1.165, 1.54) is 0 Å². The fourth-order valence-corrected chi connectivity index (χ4v) is 4.99. The molecule has 2 heterocycles. The molecule has 0 spiro atoms. The molecular formula is C18H13Cl4N3OS. The van der Waals surface area contributed by atoms with Crippen molar-refractivity contribution in [3.05, 3.63) is 56.0 Å². The van der Waals surface area contributed by atoms with Crippen LogP contribution in [0.5, 0.6) is 0 Å². The van der Waals surface area contributed by atoms with Crippen LogP contribution in [-0.4, -0.2) is 42.0 Å². The molecule has 140 valence electrons. The highest BCUT2D eigenvalue weighted by Crippen LogP contribution is 2.34. The van der Waals surface area contributed by atoms with Crippen LogP contribution < -0.4 is 4.90 Å². The summed E-state index contributed by atoms with van der Waals surface area (Å²) >= 11 is 26.1. The molecule has 0 radical (unpaired) electrons. The van der Waals surface area contributed by atoms with Gasteiger partial charge in [-0.3, -0.25) is 4.79 Å². The van der Waals surface area contributed by atoms with Gasteiger partial charge in [-0.25, -0.2) is 4.98 Å². The van der Waals surface area contributed by atoms with Crippen molar-refractivity contribution in [2.75, 3.05) is 31.1 Å². The summed E-state index contributed by atoms with van der Waals surface area (Å²) in [5.41, 5.74) is 1.18. The lowest BCUT2D eigenvalue weighted by Crippen LogP contribution is -2.48. The second-order valence-electron chi connectivity index (χ2n) is 6.11. The number of hydrogen-bond donors (Lipinski definition) is 0. The van der Waals surface area contributed by atoms with Crippen LogP contribution in [0, 0.1) is 0 Å². The molecule has 0 aliphatic carbocycles. The van der Waals surface area contributed by atoms with Crippen LogP contribution >= 0.6 is 57.7 Å². The number of carbonyl (C=O) groups excluding carboxylic acids is 1. The summed E-state index contributed by atoms with van der Waals surface area (Å²) in [5.74, 6) is -0.205. The first kappa shape index (κ1) is 19.1. The predicted molar refractivity (Wildman–Crippen MR) is 114 cm³/mol. The van der Waals surface area contributed by atoms with Gasteiger partial charge in [-0.15, -0.1) is 0 Å². The van der Waals surface area contributed by atoms with Crippen LogP contribution in [0.1, 0.15) is 10.4 Å². The van der Waals surface area contributed by atoms with Gasteiger partial charge in [0.05, 0.1) is 30.8 Å². The van der Waals surface area contributed by atoms with Gasteiger partial charge < -0.3 is 9.80 Å². The fraction of sp³-hybridized carbons (Fsp3) is 0.222. The third kappa shape index (κ3) is 3.71. The van der Waals surface area contributed by atoms with Crippen LogP contribution in [0.3, 0.4) is 0 Å². The molecule has 0 N–H and O–H groups in total. The lowest BCUT2D eigenvalue weighted by atomic mass is 10.1. The first-order valence-corrected chi connectivity index (χ1v) is 10.5. The zero-order valence-electron chi connectivity index (χ0n) is 13.9. The van der Waals surface area contributed by atoms with Crippen LogP contribution in [0.4, 0.5) is 5.13 Å². The summed E-state index contributed by atoms with van der Waals surface area (Å²) in [6, 6.07) is 8.84. The standard InChI is InChI=1S/C18H13Cl4N3OS/c19-10-1-4-13-14(9-10)27-18(23-13)25-7-5-24(6-8-25)17(26)15-11(20)2-3-12(21)16(15)22/h1-4,9H,5-8H2. The molecule has 1 saturated heterocycles. The molecule has 9 heteroatoms. The van der Waals surface area contributed by atoms with Gasteiger partial charge in [0, 0.05) is 31.2 Å². The highest BCUT2D eigenvalue weighted by Gasteiger charge is 2.27. The van der Waals surface area contributed by atoms with Gasteiger partial charge in [-0.1, -0.05) is 57.7 Å². The van der Waals surface area contributed by atoms with Crippen LogP contribution in [-0.2, 0) is 0 Å². The molecule has 4 nitrogen and oxygen atoms in total. The summed E-state index contributed by atoms with van der Waals surface area (Å²) in [6.45, 7) is 2.45. The minimum absolute atomic E-state index is 0.194. The van der Waals surface area contributed by atoms with Gasteiger partial charge in [-0.2, -0.15) is 0 Å². The molecule has 3 aromatic rings. The maximum atomic E-state index is 12.9. The lowest BCUT2D eigenvalue weighted by molar-refractivity contribution is 0.0747. The van der Waals surface area contributed by atoms with E-state index in [2.05, 4.69) is 9.88 Å². The van der Waals surface area contributed by atoms with E-state index in [-0.39, 0.29) is 16.5 Å². The van der Waals surface area contributed by atoms with Crippen molar-refractivity contribution in [2.24, 2.45) is 0 Å². The molecule has 0 atom stereocenters. The van der Waals surface area contributed by atoms with Crippen molar-refractivity contribution in [3.63, 3.8) is 0 Å². The largest absolute Gasteiger partial charge is 0.345 e. The third-order valence-corrected chi connectivity index (χ3v) is 6.87. The van der Waals surface area contributed by atoms with Gasteiger partial charge >= 0.3 is 0 Å². The Kier molecular flexibility index (Phi) is 5.41. The molecule has 2 aromatic carbocycles. The molecular weight excluding hydrogens is 448 g/mol. The average molecular weight is 461 g/mol. The number of rotatable bonds is 2. The molecule has 0 saturated carbocycles. The molecule has 1 aromatic heterocycles. The Hall–Kier alpha value is -1.24. The zero-order chi connectivity index (χ0) is 19.1. The van der Waals surface area contributed by atoms with Gasteiger partial charge in [0.15, 0.2) is 5.13 Å². The maximum absolute atomic E-state index is 12.9. The van der Waals surface area contributed by atoms with E-state index in [4.69, 9.17) is 46.4 Å². The smallest absolute Gasteiger partial charge is 0.257 e. The van der Waals surface area contributed by atoms with E-state index in [1.807, 2.05) is 18.2 Å². The molecule has 1 aliphatic heterocycles. The molecule has 0 unspecified atom stereocenters. The zero-order valence-corrected chi connectivity index (χ0v) is 17.7. The number of fused-ring (bicyclic) bond motifs is 1. The van der Waals surface area contributed by atoms with Crippen molar-refractivity contribution >= 4 is 79.0 Å². The summed E-state index contributed by atoms with van der Waals surface area (Å²) in [7, 11) is 0. The van der Waals surface area contributed by atoms with Gasteiger partial charge in [0.2, 0.25) is 0 Å². The van der Waals surface area contributed by atoms with E-state index in [0.717, 1.165) is 15.3 Å². The van der Waals surface area contributed by atoms with E-state index >= 15 is 0 Å². The lowest BCUT2D eigenvalue weighted by Gasteiger charge is -2.34. The number of benzene rings is 2. The van der Waals surface area contributed by atoms with Crippen molar-refractivity contribution in [3.8, 4) is 0 Å². The number of hydrogen-bond acceptors (Lipinski definition) is 4. The summed E-state index contributed by atoms with van der Waals surface area (Å²) in [6.07, 6.45) is 0. The Labute approximate surface area is 180 Å². The molecule has 4 rings (SSSR count). The second-order valence-corrected chi connectivity index (χ2v) is 8.74. The van der Waals surface area contributed by atoms with Gasteiger partial charge in [0.25, 0.3) is 5.91 Å². The first-order valence-electron chi connectivity index (χ1n) is 8.18. The minimum atomic E-state index is -0.205. The summed E-state index contributed by atoms with van der Waals surface area (Å²) in [5, 5.41) is 2.44. The Bertz CT molecular complexity index is 1030. The number of carbonyl (C=O) groups is 1. The Balaban J connectivity index is 1.50. The molecule has 1 amide bonds. The Morgan fingerprint density at radius 1 is 0.963 bits per heavy atom. The number of amides is 1. The monoisotopic (exact) mass is 459 g/mol. The van der Waals surface area contributed by atoms with Crippen molar-refractivity contribution < 1.29 is 4.79 Å². The highest BCUT2D eigenvalue weighted by atomic mass is 35.5. The summed E-state index contributed by atoms with van der Waals surface area (Å²) in [4.78, 5) is 21.4. The molecule has 1 fully saturated rings. The van der Waals surface area contributed by atoms with E-state index in [1.54, 1.807) is 28.4 Å². The second kappa shape index (κ2) is 7.64. The average Bonchev–Trinajstić information content (AvgIpc) is 3.08. The quantitative estimate of drug-likeness (QED) is 0.448. The van der Waals surface area contributed by atoms with Gasteiger partial charge in [-0.05, 0) is 30.3 Å². The molecule has 27 heavy (non-hydrogen) atoms. The highest BCUT2D eigenvalue weighted by molar-refractivity contribution is 7.22. The third-order valence-electron chi connectivity index (χ3n) is 4.43. The minimum Gasteiger partial charge on any atom is -0.345 e. The number of aromatic nitrogens is 1. The number of halogens is 4. The Morgan fingerprint density at radius 2 is 1.67 bits per heavy atom. The van der Waals surface area contributed by atoms with E-state index in [9.17, 15) is 4.79 Å². The topological polar surface area (TPSA) is 36.4 Å². The van der Waals surface area contributed by atoms with Crippen molar-refractivity contribution in [1.29, 1.82) is 0 Å². The maximum Gasteiger partial charge on any atom is 0.257 e. The van der Waals surface area contributed by atoms with Crippen molar-refractivity contribution in [1.82, 2.24) is 9.88 Å². The number of piperazine rings is 1. The predicted octanol–water partition coefficient (Wildman–Crippen LogP) is 5.87. The van der Waals surface area contributed by atoms with Crippen LogP contribution in [0.2, 0.25) is 20.1 Å². The van der Waals surface area contributed by atoms with E-state index < -0.39 is 0 Å². The number of anilines is 1. The Morgan fingerprint density at radius 3 is 2.41 bits per heavy atom. The molecule has 0 bridgehead atoms. The fourth-order valence-electron chi connectivity index (χ4n) is 3.00. The molecule has 1 aliphatic rings. The number of thiazole rings is 1. The summed E-state index contributed by atoms with van der Waals surface area (Å²) < 4.78 is 1.05.